The van der Waals surface area contributed by atoms with E-state index in [0.717, 1.165) is 11.1 Å². The number of urea groups is 1. The highest BCUT2D eigenvalue weighted by atomic mass is 19.1. The SMILES string of the molecule is CCOCCCN(CC(=O)N(Cc1ccc(F)cc1)Cc1ccco1)C(=O)NCc1ccccc1. The highest BCUT2D eigenvalue weighted by Gasteiger charge is 2.22. The van der Waals surface area contributed by atoms with E-state index in [9.17, 15) is 14.0 Å². The van der Waals surface area contributed by atoms with E-state index < -0.39 is 0 Å². The van der Waals surface area contributed by atoms with Crippen molar-refractivity contribution >= 4 is 11.9 Å². The predicted octanol–water partition coefficient (Wildman–Crippen LogP) is 4.59. The summed E-state index contributed by atoms with van der Waals surface area (Å²) >= 11 is 0. The van der Waals surface area contributed by atoms with E-state index in [0.29, 0.717) is 38.5 Å². The molecule has 35 heavy (non-hydrogen) atoms. The number of nitrogens with one attached hydrogen (secondary N) is 1. The molecule has 0 fully saturated rings. The van der Waals surface area contributed by atoms with Crippen LogP contribution in [0.2, 0.25) is 0 Å². The van der Waals surface area contributed by atoms with Crippen molar-refractivity contribution in [3.8, 4) is 0 Å². The van der Waals surface area contributed by atoms with Crippen molar-refractivity contribution in [2.45, 2.75) is 33.0 Å². The number of hydrogen-bond donors (Lipinski definition) is 1. The van der Waals surface area contributed by atoms with Crippen molar-refractivity contribution in [3.05, 3.63) is 95.7 Å². The fraction of sp³-hybridized carbons (Fsp3) is 0.333. The maximum absolute atomic E-state index is 13.4. The van der Waals surface area contributed by atoms with E-state index in [1.807, 2.05) is 37.3 Å². The van der Waals surface area contributed by atoms with Gasteiger partial charge in [-0.15, -0.1) is 0 Å². The summed E-state index contributed by atoms with van der Waals surface area (Å²) < 4.78 is 24.2. The van der Waals surface area contributed by atoms with Crippen LogP contribution >= 0.6 is 0 Å². The second-order valence-corrected chi connectivity index (χ2v) is 8.07. The molecular formula is C27H32FN3O4. The van der Waals surface area contributed by atoms with E-state index in [-0.39, 0.29) is 37.4 Å². The molecule has 0 atom stereocenters. The van der Waals surface area contributed by atoms with Crippen LogP contribution < -0.4 is 5.32 Å². The van der Waals surface area contributed by atoms with Crippen molar-refractivity contribution < 1.29 is 23.1 Å². The Morgan fingerprint density at radius 2 is 1.71 bits per heavy atom. The minimum atomic E-state index is -0.340. The number of carbonyl (C=O) groups excluding carboxylic acids is 2. The van der Waals surface area contributed by atoms with Crippen molar-refractivity contribution in [3.63, 3.8) is 0 Å². The summed E-state index contributed by atoms with van der Waals surface area (Å²) in [5.41, 5.74) is 1.75. The monoisotopic (exact) mass is 481 g/mol. The van der Waals surface area contributed by atoms with Gasteiger partial charge in [-0.3, -0.25) is 4.79 Å². The van der Waals surface area contributed by atoms with Gasteiger partial charge in [0, 0.05) is 32.8 Å². The average molecular weight is 482 g/mol. The van der Waals surface area contributed by atoms with Crippen molar-refractivity contribution in [1.82, 2.24) is 15.1 Å². The van der Waals surface area contributed by atoms with Gasteiger partial charge in [0.2, 0.25) is 5.91 Å². The summed E-state index contributed by atoms with van der Waals surface area (Å²) in [5, 5.41) is 2.90. The van der Waals surface area contributed by atoms with Crippen LogP contribution in [0.15, 0.2) is 77.4 Å². The normalized spacial score (nSPS) is 10.7. The third-order valence-electron chi connectivity index (χ3n) is 5.39. The van der Waals surface area contributed by atoms with Crippen LogP contribution in [-0.2, 0) is 29.2 Å². The van der Waals surface area contributed by atoms with Gasteiger partial charge in [0.25, 0.3) is 0 Å². The second-order valence-electron chi connectivity index (χ2n) is 8.07. The van der Waals surface area contributed by atoms with Gasteiger partial charge < -0.3 is 24.3 Å². The quantitative estimate of drug-likeness (QED) is 0.363. The van der Waals surface area contributed by atoms with Gasteiger partial charge in [0.15, 0.2) is 0 Å². The molecule has 186 valence electrons. The Bertz CT molecular complexity index is 1030. The predicted molar refractivity (Wildman–Crippen MR) is 131 cm³/mol. The topological polar surface area (TPSA) is 75.0 Å². The standard InChI is InChI=1S/C27H32FN3O4/c1-2-34-16-7-15-30(27(33)29-18-22-8-4-3-5-9-22)21-26(32)31(20-25-10-6-17-35-25)19-23-11-13-24(28)14-12-23/h3-6,8-14,17H,2,7,15-16,18-21H2,1H3,(H,29,33). The van der Waals surface area contributed by atoms with Gasteiger partial charge in [-0.25, -0.2) is 9.18 Å². The van der Waals surface area contributed by atoms with Crippen LogP contribution in [0, 0.1) is 5.82 Å². The van der Waals surface area contributed by atoms with Gasteiger partial charge in [-0.2, -0.15) is 0 Å². The van der Waals surface area contributed by atoms with E-state index >= 15 is 0 Å². The molecule has 1 heterocycles. The minimum Gasteiger partial charge on any atom is -0.467 e. The molecule has 3 rings (SSSR count). The Labute approximate surface area is 205 Å². The molecule has 3 aromatic rings. The van der Waals surface area contributed by atoms with Crippen LogP contribution in [0.4, 0.5) is 9.18 Å². The Morgan fingerprint density at radius 3 is 2.40 bits per heavy atom. The molecule has 0 aliphatic heterocycles. The molecule has 7 nitrogen and oxygen atoms in total. The molecule has 8 heteroatoms. The van der Waals surface area contributed by atoms with Gasteiger partial charge in [-0.1, -0.05) is 42.5 Å². The minimum absolute atomic E-state index is 0.103. The number of carbonyl (C=O) groups is 2. The molecule has 0 aliphatic rings. The Balaban J connectivity index is 1.69. The van der Waals surface area contributed by atoms with Crippen LogP contribution in [0.3, 0.4) is 0 Å². The summed E-state index contributed by atoms with van der Waals surface area (Å²) in [6.45, 7) is 4.13. The van der Waals surface area contributed by atoms with Gasteiger partial charge in [-0.05, 0) is 48.7 Å². The van der Waals surface area contributed by atoms with Gasteiger partial charge in [0.05, 0.1) is 12.8 Å². The first-order chi connectivity index (χ1) is 17.0. The Kier molecular flexibility index (Phi) is 10.3. The Morgan fingerprint density at radius 1 is 0.943 bits per heavy atom. The van der Waals surface area contributed by atoms with Crippen LogP contribution in [0.25, 0.3) is 0 Å². The first-order valence-corrected chi connectivity index (χ1v) is 11.7. The molecule has 3 amide bonds. The molecule has 0 bridgehead atoms. The van der Waals surface area contributed by atoms with Crippen LogP contribution in [0.5, 0.6) is 0 Å². The zero-order valence-corrected chi connectivity index (χ0v) is 20.0. The molecule has 0 aliphatic carbocycles. The highest BCUT2D eigenvalue weighted by molar-refractivity contribution is 5.84. The first-order valence-electron chi connectivity index (χ1n) is 11.7. The number of benzene rings is 2. The molecule has 0 radical (unpaired) electrons. The van der Waals surface area contributed by atoms with E-state index in [1.165, 1.54) is 17.0 Å². The smallest absolute Gasteiger partial charge is 0.318 e. The Hall–Kier alpha value is -3.65. The van der Waals surface area contributed by atoms with E-state index in [2.05, 4.69) is 5.32 Å². The number of hydrogen-bond acceptors (Lipinski definition) is 4. The molecule has 0 saturated heterocycles. The number of furan rings is 1. The lowest BCUT2D eigenvalue weighted by Crippen LogP contribution is -2.46. The maximum Gasteiger partial charge on any atom is 0.318 e. The molecule has 0 spiro atoms. The third kappa shape index (κ3) is 8.90. The van der Waals surface area contributed by atoms with E-state index in [4.69, 9.17) is 9.15 Å². The second kappa shape index (κ2) is 13.9. The summed E-state index contributed by atoms with van der Waals surface area (Å²) in [7, 11) is 0. The van der Waals surface area contributed by atoms with Crippen LogP contribution in [0.1, 0.15) is 30.2 Å². The number of nitrogens with zero attached hydrogens (tertiary/aromatic N) is 2. The number of amides is 3. The number of ether oxygens (including phenoxy) is 1. The van der Waals surface area contributed by atoms with E-state index in [1.54, 1.807) is 35.4 Å². The van der Waals surface area contributed by atoms with Crippen molar-refractivity contribution in [2.75, 3.05) is 26.3 Å². The lowest BCUT2D eigenvalue weighted by Gasteiger charge is -2.27. The van der Waals surface area contributed by atoms with Crippen molar-refractivity contribution in [2.24, 2.45) is 0 Å². The summed E-state index contributed by atoms with van der Waals surface area (Å²) in [5.74, 6) is 0.0436. The van der Waals surface area contributed by atoms with Crippen LogP contribution in [-0.4, -0.2) is 48.0 Å². The maximum atomic E-state index is 13.4. The summed E-state index contributed by atoms with van der Waals surface area (Å²) in [6.07, 6.45) is 2.16. The molecular weight excluding hydrogens is 449 g/mol. The zero-order valence-electron chi connectivity index (χ0n) is 20.0. The molecule has 0 unspecified atom stereocenters. The third-order valence-corrected chi connectivity index (χ3v) is 5.39. The number of rotatable bonds is 13. The fourth-order valence-corrected chi connectivity index (χ4v) is 3.54. The fourth-order valence-electron chi connectivity index (χ4n) is 3.54. The molecule has 1 N–H and O–H groups in total. The average Bonchev–Trinajstić information content (AvgIpc) is 3.39. The zero-order chi connectivity index (χ0) is 24.9. The molecule has 0 saturated carbocycles. The summed E-state index contributed by atoms with van der Waals surface area (Å²) in [4.78, 5) is 29.5. The van der Waals surface area contributed by atoms with Crippen molar-refractivity contribution in [1.29, 1.82) is 0 Å². The molecule has 1 aromatic heterocycles. The summed E-state index contributed by atoms with van der Waals surface area (Å²) in [6, 6.07) is 18.8. The number of halogens is 1. The first kappa shape index (κ1) is 26.0. The molecule has 2 aromatic carbocycles. The van der Waals surface area contributed by atoms with Gasteiger partial charge in [0.1, 0.15) is 18.1 Å². The van der Waals surface area contributed by atoms with Gasteiger partial charge >= 0.3 is 6.03 Å². The lowest BCUT2D eigenvalue weighted by molar-refractivity contribution is -0.133. The highest BCUT2D eigenvalue weighted by Crippen LogP contribution is 2.13. The largest absolute Gasteiger partial charge is 0.467 e. The lowest BCUT2D eigenvalue weighted by atomic mass is 10.2.